The van der Waals surface area contributed by atoms with E-state index in [2.05, 4.69) is 10.3 Å². The highest BCUT2D eigenvalue weighted by Crippen LogP contribution is 2.36. The number of rotatable bonds is 8. The van der Waals surface area contributed by atoms with Crippen molar-refractivity contribution in [3.63, 3.8) is 0 Å². The number of ether oxygens (including phenoxy) is 1. The minimum atomic E-state index is -4.94. The van der Waals surface area contributed by atoms with Crippen LogP contribution in [0.1, 0.15) is 38.5 Å². The maximum atomic E-state index is 13.2. The number of hydrogen-bond donors (Lipinski definition) is 1. The molecule has 1 amide bonds. The monoisotopic (exact) mass is 532 g/mol. The second-order valence-corrected chi connectivity index (χ2v) is 8.62. The molecule has 1 unspecified atom stereocenters. The molecule has 0 aliphatic heterocycles. The molecule has 1 heterocycles. The molecule has 0 aliphatic carbocycles. The van der Waals surface area contributed by atoms with E-state index in [0.29, 0.717) is 28.6 Å². The van der Waals surface area contributed by atoms with Crippen molar-refractivity contribution in [1.29, 1.82) is 0 Å². The molecule has 10 heteroatoms. The van der Waals surface area contributed by atoms with Crippen LogP contribution in [0.25, 0.3) is 10.9 Å². The third kappa shape index (κ3) is 6.69. The number of pyridine rings is 1. The van der Waals surface area contributed by atoms with Crippen molar-refractivity contribution in [3.8, 4) is 0 Å². The molecule has 0 bridgehead atoms. The summed E-state index contributed by atoms with van der Waals surface area (Å²) in [7, 11) is 0. The van der Waals surface area contributed by atoms with Gasteiger partial charge in [0.05, 0.1) is 35.4 Å². The number of fused-ring (bicyclic) bond motifs is 1. The van der Waals surface area contributed by atoms with E-state index < -0.39 is 36.0 Å². The highest BCUT2D eigenvalue weighted by Gasteiger charge is 2.36. The average molecular weight is 532 g/mol. The quantitative estimate of drug-likeness (QED) is 0.249. The minimum Gasteiger partial charge on any atom is -0.376 e. The number of halogens is 6. The Hall–Kier alpha value is -3.92. The number of carbonyl (C=O) groups excluding carboxylic acids is 1. The fourth-order valence-electron chi connectivity index (χ4n) is 4.02. The largest absolute Gasteiger partial charge is 0.416 e. The van der Waals surface area contributed by atoms with Crippen molar-refractivity contribution >= 4 is 16.8 Å². The Kier molecular flexibility index (Phi) is 8.01. The zero-order chi connectivity index (χ0) is 27.3. The van der Waals surface area contributed by atoms with Gasteiger partial charge in [-0.05, 0) is 41.5 Å². The maximum Gasteiger partial charge on any atom is 0.416 e. The predicted molar refractivity (Wildman–Crippen MR) is 129 cm³/mol. The number of aromatic nitrogens is 1. The van der Waals surface area contributed by atoms with Crippen LogP contribution in [-0.2, 0) is 23.7 Å². The van der Waals surface area contributed by atoms with Gasteiger partial charge in [0.1, 0.15) is 0 Å². The molecule has 0 saturated heterocycles. The van der Waals surface area contributed by atoms with Crippen molar-refractivity contribution in [2.24, 2.45) is 0 Å². The summed E-state index contributed by atoms with van der Waals surface area (Å²) in [6.45, 7) is -0.409. The molecule has 0 radical (unpaired) electrons. The molecule has 4 aromatic rings. The van der Waals surface area contributed by atoms with Crippen LogP contribution in [0.5, 0.6) is 0 Å². The Morgan fingerprint density at radius 1 is 0.842 bits per heavy atom. The minimum absolute atomic E-state index is 0.0566. The average Bonchev–Trinajstić information content (AvgIpc) is 2.89. The van der Waals surface area contributed by atoms with Crippen LogP contribution in [0.15, 0.2) is 85.1 Å². The van der Waals surface area contributed by atoms with Gasteiger partial charge in [0.15, 0.2) is 0 Å². The summed E-state index contributed by atoms with van der Waals surface area (Å²) < 4.78 is 84.6. The number of para-hydroxylation sites is 1. The highest BCUT2D eigenvalue weighted by atomic mass is 19.4. The van der Waals surface area contributed by atoms with Crippen molar-refractivity contribution < 1.29 is 35.9 Å². The Labute approximate surface area is 214 Å². The second-order valence-electron chi connectivity index (χ2n) is 8.62. The van der Waals surface area contributed by atoms with Gasteiger partial charge in [0.2, 0.25) is 0 Å². The number of benzene rings is 3. The van der Waals surface area contributed by atoms with Crippen molar-refractivity contribution in [2.75, 3.05) is 13.2 Å². The molecule has 0 saturated carbocycles. The fourth-order valence-corrected chi connectivity index (χ4v) is 4.02. The Bertz CT molecular complexity index is 1370. The summed E-state index contributed by atoms with van der Waals surface area (Å²) in [5.41, 5.74) is -1.20. The van der Waals surface area contributed by atoms with Crippen molar-refractivity contribution in [3.05, 3.63) is 113 Å². The molecule has 0 aliphatic rings. The molecule has 1 N–H and O–H groups in total. The first kappa shape index (κ1) is 27.1. The molecule has 1 atom stereocenters. The molecule has 0 fully saturated rings. The lowest BCUT2D eigenvalue weighted by Gasteiger charge is -2.19. The Morgan fingerprint density at radius 2 is 1.47 bits per heavy atom. The topological polar surface area (TPSA) is 51.2 Å². The third-order valence-corrected chi connectivity index (χ3v) is 5.91. The summed E-state index contributed by atoms with van der Waals surface area (Å²) in [4.78, 5) is 17.2. The second kappa shape index (κ2) is 11.2. The molecular weight excluding hydrogens is 510 g/mol. The van der Waals surface area contributed by atoms with Crippen molar-refractivity contribution in [1.82, 2.24) is 10.3 Å². The van der Waals surface area contributed by atoms with Gasteiger partial charge in [-0.3, -0.25) is 9.78 Å². The summed E-state index contributed by atoms with van der Waals surface area (Å²) in [6.07, 6.45) is -8.35. The van der Waals surface area contributed by atoms with Crippen LogP contribution in [-0.4, -0.2) is 24.0 Å². The standard InChI is InChI=1S/C28H22F6N2O2/c29-27(30,31)21-12-18(13-22(14-21)28(32,33)34)16-38-17-20(19-6-2-1-3-7-19)15-36-26(37)24-10-11-35-25-9-5-4-8-23(24)25/h1-14,20H,15-17H2,(H,36,37). The summed E-state index contributed by atoms with van der Waals surface area (Å²) in [5.74, 6) is -0.765. The SMILES string of the molecule is O=C(NCC(COCc1cc(C(F)(F)F)cc(C(F)(F)F)c1)c1ccccc1)c1ccnc2ccccc12. The van der Waals surface area contributed by atoms with E-state index in [1.807, 2.05) is 6.07 Å². The molecule has 1 aromatic heterocycles. The van der Waals surface area contributed by atoms with E-state index in [1.54, 1.807) is 54.6 Å². The van der Waals surface area contributed by atoms with Crippen molar-refractivity contribution in [2.45, 2.75) is 24.9 Å². The zero-order valence-corrected chi connectivity index (χ0v) is 19.8. The first-order valence-corrected chi connectivity index (χ1v) is 11.6. The summed E-state index contributed by atoms with van der Waals surface area (Å²) in [6, 6.07) is 19.1. The van der Waals surface area contributed by atoms with Gasteiger partial charge >= 0.3 is 12.4 Å². The molecule has 4 nitrogen and oxygen atoms in total. The molecule has 4 rings (SSSR count). The van der Waals surface area contributed by atoms with Crippen LogP contribution < -0.4 is 5.32 Å². The molecular formula is C28H22F6N2O2. The van der Waals surface area contributed by atoms with Gasteiger partial charge in [-0.15, -0.1) is 0 Å². The van der Waals surface area contributed by atoms with Gasteiger partial charge in [0.25, 0.3) is 5.91 Å². The van der Waals surface area contributed by atoms with Gasteiger partial charge in [0, 0.05) is 24.0 Å². The third-order valence-electron chi connectivity index (χ3n) is 5.91. The lowest BCUT2D eigenvalue weighted by Crippen LogP contribution is -2.30. The molecule has 198 valence electrons. The number of nitrogens with zero attached hydrogens (tertiary/aromatic N) is 1. The highest BCUT2D eigenvalue weighted by molar-refractivity contribution is 6.05. The number of hydrogen-bond acceptors (Lipinski definition) is 3. The van der Waals surface area contributed by atoms with Crippen LogP contribution in [0.4, 0.5) is 26.3 Å². The van der Waals surface area contributed by atoms with Crippen LogP contribution in [0, 0.1) is 0 Å². The van der Waals surface area contributed by atoms with E-state index in [1.165, 1.54) is 6.20 Å². The normalized spacial score (nSPS) is 12.9. The first-order chi connectivity index (χ1) is 18.0. The van der Waals surface area contributed by atoms with Gasteiger partial charge in [-0.1, -0.05) is 48.5 Å². The van der Waals surface area contributed by atoms with E-state index in [0.717, 1.165) is 5.56 Å². The van der Waals surface area contributed by atoms with E-state index in [4.69, 9.17) is 4.74 Å². The molecule has 0 spiro atoms. The number of nitrogens with one attached hydrogen (secondary N) is 1. The maximum absolute atomic E-state index is 13.2. The lowest BCUT2D eigenvalue weighted by molar-refractivity contribution is -0.143. The van der Waals surface area contributed by atoms with Gasteiger partial charge in [-0.25, -0.2) is 0 Å². The van der Waals surface area contributed by atoms with Crippen LogP contribution >= 0.6 is 0 Å². The van der Waals surface area contributed by atoms with E-state index in [9.17, 15) is 31.1 Å². The molecule has 3 aromatic carbocycles. The van der Waals surface area contributed by atoms with Crippen LogP contribution in [0.2, 0.25) is 0 Å². The van der Waals surface area contributed by atoms with E-state index in [-0.39, 0.29) is 30.7 Å². The van der Waals surface area contributed by atoms with Crippen LogP contribution in [0.3, 0.4) is 0 Å². The van der Waals surface area contributed by atoms with Gasteiger partial charge < -0.3 is 10.1 Å². The first-order valence-electron chi connectivity index (χ1n) is 11.6. The fraction of sp³-hybridized carbons (Fsp3) is 0.214. The number of carbonyl (C=O) groups is 1. The molecule has 38 heavy (non-hydrogen) atoms. The number of alkyl halides is 6. The predicted octanol–water partition coefficient (Wildman–Crippen LogP) is 7.00. The number of amides is 1. The zero-order valence-electron chi connectivity index (χ0n) is 19.8. The summed E-state index contributed by atoms with van der Waals surface area (Å²) >= 11 is 0. The Morgan fingerprint density at radius 3 is 2.13 bits per heavy atom. The Balaban J connectivity index is 1.48. The summed E-state index contributed by atoms with van der Waals surface area (Å²) in [5, 5.41) is 3.52. The van der Waals surface area contributed by atoms with Gasteiger partial charge in [-0.2, -0.15) is 26.3 Å². The van der Waals surface area contributed by atoms with E-state index >= 15 is 0 Å². The smallest absolute Gasteiger partial charge is 0.376 e. The lowest BCUT2D eigenvalue weighted by atomic mass is 9.99.